The second-order valence-corrected chi connectivity index (χ2v) is 5.39. The lowest BCUT2D eigenvalue weighted by Gasteiger charge is -2.08. The van der Waals surface area contributed by atoms with Crippen molar-refractivity contribution in [3.63, 3.8) is 0 Å². The Bertz CT molecular complexity index is 583. The molecule has 0 saturated heterocycles. The van der Waals surface area contributed by atoms with Crippen molar-refractivity contribution < 1.29 is 9.13 Å². The molecule has 0 unspecified atom stereocenters. The summed E-state index contributed by atoms with van der Waals surface area (Å²) >= 11 is 0. The Morgan fingerprint density at radius 1 is 1.38 bits per heavy atom. The molecule has 0 amide bonds. The van der Waals surface area contributed by atoms with Gasteiger partial charge in [0.1, 0.15) is 11.6 Å². The highest BCUT2D eigenvalue weighted by molar-refractivity contribution is 5.34. The highest BCUT2D eigenvalue weighted by atomic mass is 19.1. The Hall–Kier alpha value is -1.95. The van der Waals surface area contributed by atoms with Crippen molar-refractivity contribution >= 4 is 0 Å². The van der Waals surface area contributed by atoms with E-state index in [2.05, 4.69) is 29.5 Å². The predicted molar refractivity (Wildman–Crippen MR) is 78.6 cm³/mol. The standard InChI is InChI=1S/C15H21FN4O/c1-11(2)7-17-8-14-10-20(19-18-14)9-12-6-13(16)4-5-15(12)21-3/h4-6,10-11,17H,7-9H2,1-3H3. The van der Waals surface area contributed by atoms with Crippen LogP contribution in [-0.2, 0) is 13.1 Å². The van der Waals surface area contributed by atoms with Gasteiger partial charge >= 0.3 is 0 Å². The SMILES string of the molecule is COc1ccc(F)cc1Cn1cc(CNCC(C)C)nn1. The molecular formula is C15H21FN4O. The van der Waals surface area contributed by atoms with E-state index >= 15 is 0 Å². The summed E-state index contributed by atoms with van der Waals surface area (Å²) < 4.78 is 20.2. The maximum Gasteiger partial charge on any atom is 0.124 e. The van der Waals surface area contributed by atoms with E-state index in [0.29, 0.717) is 24.8 Å². The van der Waals surface area contributed by atoms with E-state index in [1.165, 1.54) is 12.1 Å². The number of benzene rings is 1. The van der Waals surface area contributed by atoms with E-state index in [0.717, 1.165) is 17.8 Å². The molecule has 0 aliphatic heterocycles. The summed E-state index contributed by atoms with van der Waals surface area (Å²) in [6.45, 7) is 6.35. The summed E-state index contributed by atoms with van der Waals surface area (Å²) in [5.74, 6) is 0.952. The molecule has 21 heavy (non-hydrogen) atoms. The van der Waals surface area contributed by atoms with Gasteiger partial charge in [0, 0.05) is 12.1 Å². The van der Waals surface area contributed by atoms with Crippen LogP contribution in [0.3, 0.4) is 0 Å². The summed E-state index contributed by atoms with van der Waals surface area (Å²) in [7, 11) is 1.57. The van der Waals surface area contributed by atoms with Crippen LogP contribution in [0.1, 0.15) is 25.1 Å². The molecule has 0 radical (unpaired) electrons. The fourth-order valence-corrected chi connectivity index (χ4v) is 2.03. The topological polar surface area (TPSA) is 52.0 Å². The summed E-state index contributed by atoms with van der Waals surface area (Å²) in [5, 5.41) is 11.5. The Labute approximate surface area is 124 Å². The van der Waals surface area contributed by atoms with Gasteiger partial charge in [0.2, 0.25) is 0 Å². The summed E-state index contributed by atoms with van der Waals surface area (Å²) in [6.07, 6.45) is 1.86. The number of methoxy groups -OCH3 is 1. The zero-order valence-electron chi connectivity index (χ0n) is 12.6. The van der Waals surface area contributed by atoms with Crippen LogP contribution in [0, 0.1) is 11.7 Å². The van der Waals surface area contributed by atoms with Crippen LogP contribution in [-0.4, -0.2) is 28.6 Å². The Morgan fingerprint density at radius 3 is 2.90 bits per heavy atom. The first-order chi connectivity index (χ1) is 10.1. The Morgan fingerprint density at radius 2 is 2.19 bits per heavy atom. The largest absolute Gasteiger partial charge is 0.496 e. The first-order valence-electron chi connectivity index (χ1n) is 7.00. The molecule has 0 atom stereocenters. The van der Waals surface area contributed by atoms with Gasteiger partial charge in [-0.25, -0.2) is 9.07 Å². The molecule has 0 aliphatic rings. The van der Waals surface area contributed by atoms with Gasteiger partial charge in [-0.2, -0.15) is 0 Å². The number of hydrogen-bond acceptors (Lipinski definition) is 4. The van der Waals surface area contributed by atoms with Gasteiger partial charge in [-0.05, 0) is 30.7 Å². The molecule has 6 heteroatoms. The lowest BCUT2D eigenvalue weighted by Crippen LogP contribution is -2.19. The summed E-state index contributed by atoms with van der Waals surface area (Å²) in [4.78, 5) is 0. The third-order valence-corrected chi connectivity index (χ3v) is 3.02. The van der Waals surface area contributed by atoms with E-state index in [4.69, 9.17) is 4.74 Å². The second kappa shape index (κ2) is 7.17. The molecule has 2 rings (SSSR count). The van der Waals surface area contributed by atoms with Crippen LogP contribution in [0.2, 0.25) is 0 Å². The van der Waals surface area contributed by atoms with Crippen LogP contribution in [0.25, 0.3) is 0 Å². The number of nitrogens with zero attached hydrogens (tertiary/aromatic N) is 3. The first-order valence-corrected chi connectivity index (χ1v) is 7.00. The lowest BCUT2D eigenvalue weighted by molar-refractivity contribution is 0.405. The van der Waals surface area contributed by atoms with Crippen LogP contribution < -0.4 is 10.1 Å². The van der Waals surface area contributed by atoms with Crippen LogP contribution in [0.4, 0.5) is 4.39 Å². The van der Waals surface area contributed by atoms with Gasteiger partial charge in [-0.1, -0.05) is 19.1 Å². The molecule has 114 valence electrons. The molecule has 0 spiro atoms. The molecule has 1 aromatic carbocycles. The number of hydrogen-bond donors (Lipinski definition) is 1. The van der Waals surface area contributed by atoms with E-state index < -0.39 is 0 Å². The molecular weight excluding hydrogens is 271 g/mol. The highest BCUT2D eigenvalue weighted by Crippen LogP contribution is 2.20. The summed E-state index contributed by atoms with van der Waals surface area (Å²) in [5.41, 5.74) is 1.61. The third kappa shape index (κ3) is 4.53. The number of aromatic nitrogens is 3. The fraction of sp³-hybridized carbons (Fsp3) is 0.467. The fourth-order valence-electron chi connectivity index (χ4n) is 2.03. The highest BCUT2D eigenvalue weighted by Gasteiger charge is 2.07. The molecule has 5 nitrogen and oxygen atoms in total. The van der Waals surface area contributed by atoms with Gasteiger partial charge in [0.05, 0.1) is 25.5 Å². The van der Waals surface area contributed by atoms with Crippen molar-refractivity contribution in [2.75, 3.05) is 13.7 Å². The maximum absolute atomic E-state index is 13.3. The molecule has 1 aromatic heterocycles. The second-order valence-electron chi connectivity index (χ2n) is 5.39. The van der Waals surface area contributed by atoms with Gasteiger partial charge in [0.25, 0.3) is 0 Å². The maximum atomic E-state index is 13.3. The Kier molecular flexibility index (Phi) is 5.27. The van der Waals surface area contributed by atoms with Crippen LogP contribution in [0.15, 0.2) is 24.4 Å². The van der Waals surface area contributed by atoms with Crippen molar-refractivity contribution in [1.82, 2.24) is 20.3 Å². The predicted octanol–water partition coefficient (Wildman–Crippen LogP) is 2.22. The zero-order chi connectivity index (χ0) is 15.2. The monoisotopic (exact) mass is 292 g/mol. The molecule has 0 saturated carbocycles. The normalized spacial score (nSPS) is 11.1. The zero-order valence-corrected chi connectivity index (χ0v) is 12.6. The van der Waals surface area contributed by atoms with Crippen molar-refractivity contribution in [3.8, 4) is 5.75 Å². The number of rotatable bonds is 7. The van der Waals surface area contributed by atoms with Crippen LogP contribution in [0.5, 0.6) is 5.75 Å². The van der Waals surface area contributed by atoms with Crippen molar-refractivity contribution in [1.29, 1.82) is 0 Å². The number of halogens is 1. The smallest absolute Gasteiger partial charge is 0.124 e. The number of ether oxygens (including phenoxy) is 1. The molecule has 1 N–H and O–H groups in total. The minimum absolute atomic E-state index is 0.287. The first kappa shape index (κ1) is 15.4. The van der Waals surface area contributed by atoms with E-state index in [-0.39, 0.29) is 5.82 Å². The average Bonchev–Trinajstić information content (AvgIpc) is 2.86. The third-order valence-electron chi connectivity index (χ3n) is 3.02. The minimum Gasteiger partial charge on any atom is -0.496 e. The van der Waals surface area contributed by atoms with Crippen molar-refractivity contribution in [3.05, 3.63) is 41.5 Å². The van der Waals surface area contributed by atoms with E-state index in [9.17, 15) is 4.39 Å². The van der Waals surface area contributed by atoms with Gasteiger partial charge in [-0.15, -0.1) is 5.10 Å². The van der Waals surface area contributed by atoms with Crippen molar-refractivity contribution in [2.24, 2.45) is 5.92 Å². The van der Waals surface area contributed by atoms with Gasteiger partial charge in [0.15, 0.2) is 0 Å². The lowest BCUT2D eigenvalue weighted by atomic mass is 10.2. The number of nitrogens with one attached hydrogen (secondary N) is 1. The molecule has 1 heterocycles. The minimum atomic E-state index is -0.287. The van der Waals surface area contributed by atoms with Crippen molar-refractivity contribution in [2.45, 2.75) is 26.9 Å². The van der Waals surface area contributed by atoms with Crippen LogP contribution >= 0.6 is 0 Å². The van der Waals surface area contributed by atoms with E-state index in [1.807, 2.05) is 6.20 Å². The Balaban J connectivity index is 2.00. The molecule has 0 fully saturated rings. The molecule has 0 aliphatic carbocycles. The molecule has 2 aromatic rings. The molecule has 0 bridgehead atoms. The quantitative estimate of drug-likeness (QED) is 0.850. The van der Waals surface area contributed by atoms with Gasteiger partial charge in [-0.3, -0.25) is 0 Å². The average molecular weight is 292 g/mol. The summed E-state index contributed by atoms with van der Waals surface area (Å²) in [6, 6.07) is 4.45. The van der Waals surface area contributed by atoms with E-state index in [1.54, 1.807) is 17.9 Å². The van der Waals surface area contributed by atoms with Gasteiger partial charge < -0.3 is 10.1 Å².